The van der Waals surface area contributed by atoms with E-state index in [1.165, 1.54) is 7.11 Å². The molecule has 0 bridgehead atoms. The molecule has 0 spiro atoms. The molecule has 0 aromatic carbocycles. The summed E-state index contributed by atoms with van der Waals surface area (Å²) in [5.74, 6) is -0.0111. The molecule has 0 aliphatic carbocycles. The minimum atomic E-state index is -0.489. The molecule has 7 heteroatoms. The van der Waals surface area contributed by atoms with Gasteiger partial charge in [0.2, 0.25) is 0 Å². The van der Waals surface area contributed by atoms with Crippen LogP contribution in [0, 0.1) is 0 Å². The van der Waals surface area contributed by atoms with Crippen LogP contribution < -0.4 is 5.73 Å². The van der Waals surface area contributed by atoms with Crippen molar-refractivity contribution in [1.82, 2.24) is 9.78 Å². The van der Waals surface area contributed by atoms with Crippen molar-refractivity contribution in [2.75, 3.05) is 32.7 Å². The van der Waals surface area contributed by atoms with Gasteiger partial charge in [0.15, 0.2) is 5.69 Å². The van der Waals surface area contributed by atoms with Crippen LogP contribution in [0.4, 0.5) is 5.82 Å². The minimum Gasteiger partial charge on any atom is -0.464 e. The lowest BCUT2D eigenvalue weighted by Crippen LogP contribution is -2.22. The van der Waals surface area contributed by atoms with Gasteiger partial charge in [0.1, 0.15) is 5.82 Å². The van der Waals surface area contributed by atoms with Crippen molar-refractivity contribution in [2.24, 2.45) is 0 Å². The zero-order chi connectivity index (χ0) is 14.5. The number of nitrogens with two attached hydrogens (primary N) is 1. The molecular formula is C13H21N3O4. The number of nitrogens with zero attached hydrogens (tertiary/aromatic N) is 2. The first-order chi connectivity index (χ1) is 9.69. The molecule has 0 radical (unpaired) electrons. The van der Waals surface area contributed by atoms with Gasteiger partial charge >= 0.3 is 5.97 Å². The Morgan fingerprint density at radius 1 is 1.50 bits per heavy atom. The second-order valence-electron chi connectivity index (χ2n) is 4.63. The van der Waals surface area contributed by atoms with Crippen LogP contribution in [0.25, 0.3) is 0 Å². The molecule has 2 rings (SSSR count). The molecule has 0 amide bonds. The van der Waals surface area contributed by atoms with Crippen LogP contribution in [0.1, 0.15) is 41.9 Å². The largest absolute Gasteiger partial charge is 0.464 e. The highest BCUT2D eigenvalue weighted by Gasteiger charge is 2.26. The molecule has 0 unspecified atom stereocenters. The number of hydrogen-bond acceptors (Lipinski definition) is 6. The monoisotopic (exact) mass is 283 g/mol. The lowest BCUT2D eigenvalue weighted by Gasteiger charge is -2.23. The van der Waals surface area contributed by atoms with Gasteiger partial charge < -0.3 is 19.9 Å². The van der Waals surface area contributed by atoms with E-state index in [1.54, 1.807) is 4.68 Å². The summed E-state index contributed by atoms with van der Waals surface area (Å²) in [5.41, 5.74) is 6.98. The van der Waals surface area contributed by atoms with Crippen molar-refractivity contribution >= 4 is 11.8 Å². The quantitative estimate of drug-likeness (QED) is 0.815. The van der Waals surface area contributed by atoms with E-state index < -0.39 is 5.97 Å². The maximum absolute atomic E-state index is 11.8. The third-order valence-electron chi connectivity index (χ3n) is 3.42. The summed E-state index contributed by atoms with van der Waals surface area (Å²) >= 11 is 0. The van der Waals surface area contributed by atoms with Crippen molar-refractivity contribution in [3.05, 3.63) is 11.3 Å². The molecular weight excluding hydrogens is 262 g/mol. The fraction of sp³-hybridized carbons (Fsp3) is 0.692. The van der Waals surface area contributed by atoms with Gasteiger partial charge in [0.25, 0.3) is 0 Å². The van der Waals surface area contributed by atoms with Crippen LogP contribution >= 0.6 is 0 Å². The van der Waals surface area contributed by atoms with Crippen molar-refractivity contribution < 1.29 is 19.0 Å². The molecule has 1 aromatic rings. The van der Waals surface area contributed by atoms with Crippen LogP contribution in [0.15, 0.2) is 0 Å². The fourth-order valence-corrected chi connectivity index (χ4v) is 2.30. The normalized spacial score (nSPS) is 16.3. The second-order valence-corrected chi connectivity index (χ2v) is 4.63. The summed E-state index contributed by atoms with van der Waals surface area (Å²) in [6.45, 7) is 4.05. The fourth-order valence-electron chi connectivity index (χ4n) is 2.30. The van der Waals surface area contributed by atoms with E-state index in [0.717, 1.165) is 12.8 Å². The molecule has 1 saturated heterocycles. The Morgan fingerprint density at radius 2 is 2.20 bits per heavy atom. The van der Waals surface area contributed by atoms with Crippen LogP contribution in [0.2, 0.25) is 0 Å². The molecule has 1 fully saturated rings. The molecule has 0 atom stereocenters. The van der Waals surface area contributed by atoms with Crippen LogP contribution in [-0.4, -0.2) is 42.7 Å². The molecule has 1 aliphatic rings. The topological polar surface area (TPSA) is 88.6 Å². The molecule has 2 heterocycles. The van der Waals surface area contributed by atoms with Crippen molar-refractivity contribution in [1.29, 1.82) is 0 Å². The Bertz CT molecular complexity index is 466. The van der Waals surface area contributed by atoms with E-state index in [9.17, 15) is 4.79 Å². The average molecular weight is 283 g/mol. The summed E-state index contributed by atoms with van der Waals surface area (Å²) in [5, 5.41) is 4.34. The first-order valence-electron chi connectivity index (χ1n) is 6.79. The summed E-state index contributed by atoms with van der Waals surface area (Å²) in [6.07, 6.45) is 1.67. The van der Waals surface area contributed by atoms with E-state index in [0.29, 0.717) is 31.2 Å². The third kappa shape index (κ3) is 2.94. The predicted molar refractivity (Wildman–Crippen MR) is 72.4 cm³/mol. The standard InChI is InChI=1S/C13H21N3O4/c1-3-19-8-10-11(13(17)18-2)15-16(12(10)14)9-4-6-20-7-5-9/h9H,3-8,14H2,1-2H3. The lowest BCUT2D eigenvalue weighted by molar-refractivity contribution is 0.0578. The van der Waals surface area contributed by atoms with Gasteiger partial charge in [-0.05, 0) is 19.8 Å². The number of aromatic nitrogens is 2. The smallest absolute Gasteiger partial charge is 0.359 e. The number of anilines is 1. The highest BCUT2D eigenvalue weighted by Crippen LogP contribution is 2.28. The van der Waals surface area contributed by atoms with Gasteiger partial charge in [-0.2, -0.15) is 5.10 Å². The second kappa shape index (κ2) is 6.71. The van der Waals surface area contributed by atoms with Gasteiger partial charge in [-0.1, -0.05) is 0 Å². The van der Waals surface area contributed by atoms with Gasteiger partial charge in [0, 0.05) is 19.8 Å². The van der Waals surface area contributed by atoms with E-state index in [4.69, 9.17) is 19.9 Å². The maximum Gasteiger partial charge on any atom is 0.359 e. The predicted octanol–water partition coefficient (Wildman–Crippen LogP) is 1.14. The van der Waals surface area contributed by atoms with Gasteiger partial charge in [-0.15, -0.1) is 0 Å². The maximum atomic E-state index is 11.8. The number of carbonyl (C=O) groups excluding carboxylic acids is 1. The Kier molecular flexibility index (Phi) is 4.97. The number of methoxy groups -OCH3 is 1. The number of carbonyl (C=O) groups is 1. The van der Waals surface area contributed by atoms with E-state index in [2.05, 4.69) is 5.10 Å². The summed E-state index contributed by atoms with van der Waals surface area (Å²) in [4.78, 5) is 11.8. The Hall–Kier alpha value is -1.60. The number of esters is 1. The van der Waals surface area contributed by atoms with E-state index in [-0.39, 0.29) is 18.3 Å². The molecule has 0 saturated carbocycles. The number of hydrogen-bond donors (Lipinski definition) is 1. The van der Waals surface area contributed by atoms with E-state index in [1.807, 2.05) is 6.92 Å². The van der Waals surface area contributed by atoms with Gasteiger partial charge in [-0.3, -0.25) is 0 Å². The van der Waals surface area contributed by atoms with Gasteiger partial charge in [0.05, 0.1) is 25.3 Å². The van der Waals surface area contributed by atoms with Crippen LogP contribution in [0.5, 0.6) is 0 Å². The molecule has 7 nitrogen and oxygen atoms in total. The highest BCUT2D eigenvalue weighted by molar-refractivity contribution is 5.90. The Labute approximate surface area is 118 Å². The summed E-state index contributed by atoms with van der Waals surface area (Å²) < 4.78 is 17.2. The van der Waals surface area contributed by atoms with Crippen molar-refractivity contribution in [3.63, 3.8) is 0 Å². The van der Waals surface area contributed by atoms with Crippen molar-refractivity contribution in [3.8, 4) is 0 Å². The third-order valence-corrected chi connectivity index (χ3v) is 3.42. The molecule has 1 aliphatic heterocycles. The average Bonchev–Trinajstić information content (AvgIpc) is 2.82. The SMILES string of the molecule is CCOCc1c(C(=O)OC)nn(C2CCOCC2)c1N. The van der Waals surface area contributed by atoms with Crippen LogP contribution in [0.3, 0.4) is 0 Å². The molecule has 112 valence electrons. The minimum absolute atomic E-state index is 0.155. The summed E-state index contributed by atoms with van der Waals surface area (Å²) in [7, 11) is 1.33. The zero-order valence-corrected chi connectivity index (χ0v) is 11.9. The molecule has 2 N–H and O–H groups in total. The van der Waals surface area contributed by atoms with Crippen LogP contribution in [-0.2, 0) is 20.8 Å². The first kappa shape index (κ1) is 14.8. The Morgan fingerprint density at radius 3 is 2.80 bits per heavy atom. The highest BCUT2D eigenvalue weighted by atomic mass is 16.5. The first-order valence-corrected chi connectivity index (χ1v) is 6.79. The number of ether oxygens (including phenoxy) is 3. The zero-order valence-electron chi connectivity index (χ0n) is 11.9. The van der Waals surface area contributed by atoms with Crippen molar-refractivity contribution in [2.45, 2.75) is 32.4 Å². The Balaban J connectivity index is 2.32. The number of rotatable bonds is 5. The lowest BCUT2D eigenvalue weighted by atomic mass is 10.1. The summed E-state index contributed by atoms with van der Waals surface area (Å²) in [6, 6.07) is 0.155. The molecule has 1 aromatic heterocycles. The number of nitrogen functional groups attached to an aromatic ring is 1. The molecule has 20 heavy (non-hydrogen) atoms. The van der Waals surface area contributed by atoms with E-state index >= 15 is 0 Å². The van der Waals surface area contributed by atoms with Gasteiger partial charge in [-0.25, -0.2) is 9.48 Å².